The van der Waals surface area contributed by atoms with E-state index < -0.39 is 0 Å². The molecule has 0 aromatic heterocycles. The average Bonchev–Trinajstić information content (AvgIpc) is 2.41. The van der Waals surface area contributed by atoms with Crippen LogP contribution in [0.25, 0.3) is 0 Å². The molecular formula is C16H25NO. The summed E-state index contributed by atoms with van der Waals surface area (Å²) in [5.74, 6) is 0.173. The van der Waals surface area contributed by atoms with Crippen LogP contribution < -0.4 is 0 Å². The summed E-state index contributed by atoms with van der Waals surface area (Å²) >= 11 is 0. The van der Waals surface area contributed by atoms with Crippen molar-refractivity contribution in [2.24, 2.45) is 0 Å². The first kappa shape index (κ1) is 14.7. The van der Waals surface area contributed by atoms with Crippen LogP contribution in [-0.4, -0.2) is 23.9 Å². The molecule has 0 fully saturated rings. The van der Waals surface area contributed by atoms with Crippen LogP contribution in [0.4, 0.5) is 0 Å². The Bertz CT molecular complexity index is 369. The molecule has 0 atom stereocenters. The van der Waals surface area contributed by atoms with Crippen molar-refractivity contribution in [1.29, 1.82) is 0 Å². The summed E-state index contributed by atoms with van der Waals surface area (Å²) in [5, 5.41) is 0. The van der Waals surface area contributed by atoms with Crippen LogP contribution in [0.3, 0.4) is 0 Å². The van der Waals surface area contributed by atoms with Gasteiger partial charge in [-0.05, 0) is 38.3 Å². The topological polar surface area (TPSA) is 20.3 Å². The maximum Gasteiger partial charge on any atom is 0.254 e. The normalized spacial score (nSPS) is 10.4. The summed E-state index contributed by atoms with van der Waals surface area (Å²) in [6.07, 6.45) is 4.62. The van der Waals surface area contributed by atoms with Crippen molar-refractivity contribution in [2.75, 3.05) is 13.1 Å². The van der Waals surface area contributed by atoms with Gasteiger partial charge in [0.1, 0.15) is 0 Å². The lowest BCUT2D eigenvalue weighted by Gasteiger charge is -2.20. The van der Waals surface area contributed by atoms with Crippen molar-refractivity contribution in [3.8, 4) is 0 Å². The molecular weight excluding hydrogens is 222 g/mol. The van der Waals surface area contributed by atoms with Crippen LogP contribution in [0.2, 0.25) is 0 Å². The molecule has 1 rings (SSSR count). The van der Waals surface area contributed by atoms with Gasteiger partial charge in [0.05, 0.1) is 0 Å². The van der Waals surface area contributed by atoms with Crippen LogP contribution in [0.5, 0.6) is 0 Å². The van der Waals surface area contributed by atoms with E-state index in [2.05, 4.69) is 13.0 Å². The van der Waals surface area contributed by atoms with E-state index in [1.807, 2.05) is 36.9 Å². The molecule has 2 nitrogen and oxygen atoms in total. The van der Waals surface area contributed by atoms with Crippen molar-refractivity contribution in [3.63, 3.8) is 0 Å². The second-order valence-corrected chi connectivity index (χ2v) is 4.59. The van der Waals surface area contributed by atoms with Gasteiger partial charge in [0.2, 0.25) is 0 Å². The number of amides is 1. The molecule has 1 amide bonds. The molecule has 0 radical (unpaired) electrons. The third-order valence-corrected chi connectivity index (χ3v) is 3.35. The van der Waals surface area contributed by atoms with E-state index in [1.165, 1.54) is 24.8 Å². The molecule has 0 aliphatic rings. The molecule has 0 saturated carbocycles. The summed E-state index contributed by atoms with van der Waals surface area (Å²) in [6.45, 7) is 7.81. The Kier molecular flexibility index (Phi) is 6.48. The Hall–Kier alpha value is -1.31. The number of carbonyl (C=O) groups excluding carboxylic acids is 1. The second-order valence-electron chi connectivity index (χ2n) is 4.59. The molecule has 0 heterocycles. The van der Waals surface area contributed by atoms with Gasteiger partial charge in [-0.3, -0.25) is 4.79 Å². The smallest absolute Gasteiger partial charge is 0.254 e. The number of rotatable bonds is 7. The van der Waals surface area contributed by atoms with Gasteiger partial charge in [-0.1, -0.05) is 38.0 Å². The Morgan fingerprint density at radius 2 is 1.72 bits per heavy atom. The Morgan fingerprint density at radius 1 is 1.06 bits per heavy atom. The highest BCUT2D eigenvalue weighted by atomic mass is 16.2. The van der Waals surface area contributed by atoms with E-state index in [-0.39, 0.29) is 5.91 Å². The summed E-state index contributed by atoms with van der Waals surface area (Å²) in [4.78, 5) is 14.3. The molecule has 0 unspecified atom stereocenters. The van der Waals surface area contributed by atoms with Crippen LogP contribution in [0.1, 0.15) is 56.0 Å². The minimum absolute atomic E-state index is 0.173. The molecule has 2 heteroatoms. The number of benzene rings is 1. The summed E-state index contributed by atoms with van der Waals surface area (Å²) in [5.41, 5.74) is 2.08. The van der Waals surface area contributed by atoms with Crippen LogP contribution in [0, 0.1) is 0 Å². The highest BCUT2D eigenvalue weighted by Crippen LogP contribution is 2.15. The standard InChI is InChI=1S/C16H25NO/c1-4-7-8-11-14-12-9-10-13-15(14)16(18)17(5-2)6-3/h9-10,12-13H,4-8,11H2,1-3H3. The third kappa shape index (κ3) is 3.86. The second kappa shape index (κ2) is 7.91. The Balaban J connectivity index is 2.83. The largest absolute Gasteiger partial charge is 0.339 e. The van der Waals surface area contributed by atoms with Gasteiger partial charge in [-0.2, -0.15) is 0 Å². The first-order valence-corrected chi connectivity index (χ1v) is 7.11. The Morgan fingerprint density at radius 3 is 2.33 bits per heavy atom. The molecule has 100 valence electrons. The van der Waals surface area contributed by atoms with E-state index in [1.54, 1.807) is 0 Å². The molecule has 0 saturated heterocycles. The van der Waals surface area contributed by atoms with Gasteiger partial charge in [-0.25, -0.2) is 0 Å². The molecule has 0 bridgehead atoms. The zero-order chi connectivity index (χ0) is 13.4. The van der Waals surface area contributed by atoms with Crippen LogP contribution >= 0.6 is 0 Å². The SMILES string of the molecule is CCCCCc1ccccc1C(=O)N(CC)CC. The minimum Gasteiger partial charge on any atom is -0.339 e. The maximum atomic E-state index is 12.4. The molecule has 0 aliphatic carbocycles. The first-order chi connectivity index (χ1) is 8.74. The van der Waals surface area contributed by atoms with Gasteiger partial charge in [0.15, 0.2) is 0 Å². The van der Waals surface area contributed by atoms with Crippen molar-refractivity contribution in [2.45, 2.75) is 46.5 Å². The fraction of sp³-hybridized carbons (Fsp3) is 0.562. The fourth-order valence-corrected chi connectivity index (χ4v) is 2.19. The van der Waals surface area contributed by atoms with E-state index in [4.69, 9.17) is 0 Å². The predicted octanol–water partition coefficient (Wildman–Crippen LogP) is 3.90. The van der Waals surface area contributed by atoms with Gasteiger partial charge in [0.25, 0.3) is 5.91 Å². The zero-order valence-electron chi connectivity index (χ0n) is 11.9. The average molecular weight is 247 g/mol. The highest BCUT2D eigenvalue weighted by Gasteiger charge is 2.15. The highest BCUT2D eigenvalue weighted by molar-refractivity contribution is 5.95. The maximum absolute atomic E-state index is 12.4. The number of aryl methyl sites for hydroxylation is 1. The molecule has 1 aromatic rings. The lowest BCUT2D eigenvalue weighted by atomic mass is 10.0. The van der Waals surface area contributed by atoms with Crippen molar-refractivity contribution >= 4 is 5.91 Å². The molecule has 0 spiro atoms. The zero-order valence-corrected chi connectivity index (χ0v) is 11.9. The van der Waals surface area contributed by atoms with E-state index in [9.17, 15) is 4.79 Å². The first-order valence-electron chi connectivity index (χ1n) is 7.11. The molecule has 1 aromatic carbocycles. The number of nitrogens with zero attached hydrogens (tertiary/aromatic N) is 1. The van der Waals surface area contributed by atoms with Crippen molar-refractivity contribution < 1.29 is 4.79 Å². The molecule has 0 N–H and O–H groups in total. The summed E-state index contributed by atoms with van der Waals surface area (Å²) in [7, 11) is 0. The quantitative estimate of drug-likeness (QED) is 0.669. The molecule has 18 heavy (non-hydrogen) atoms. The van der Waals surface area contributed by atoms with Crippen LogP contribution in [-0.2, 0) is 6.42 Å². The van der Waals surface area contributed by atoms with Crippen molar-refractivity contribution in [3.05, 3.63) is 35.4 Å². The van der Waals surface area contributed by atoms with Gasteiger partial charge in [-0.15, -0.1) is 0 Å². The van der Waals surface area contributed by atoms with E-state index in [0.29, 0.717) is 0 Å². The minimum atomic E-state index is 0.173. The molecule has 0 aliphatic heterocycles. The monoisotopic (exact) mass is 247 g/mol. The van der Waals surface area contributed by atoms with Crippen molar-refractivity contribution in [1.82, 2.24) is 4.90 Å². The number of hydrogen-bond acceptors (Lipinski definition) is 1. The number of unbranched alkanes of at least 4 members (excludes halogenated alkanes) is 2. The number of hydrogen-bond donors (Lipinski definition) is 0. The summed E-state index contributed by atoms with van der Waals surface area (Å²) < 4.78 is 0. The predicted molar refractivity (Wildman–Crippen MR) is 76.9 cm³/mol. The van der Waals surface area contributed by atoms with E-state index in [0.717, 1.165) is 25.1 Å². The van der Waals surface area contributed by atoms with Gasteiger partial charge < -0.3 is 4.90 Å². The van der Waals surface area contributed by atoms with E-state index >= 15 is 0 Å². The van der Waals surface area contributed by atoms with Gasteiger partial charge in [0, 0.05) is 18.7 Å². The lowest BCUT2D eigenvalue weighted by molar-refractivity contribution is 0.0772. The van der Waals surface area contributed by atoms with Crippen LogP contribution in [0.15, 0.2) is 24.3 Å². The lowest BCUT2D eigenvalue weighted by Crippen LogP contribution is -2.31. The third-order valence-electron chi connectivity index (χ3n) is 3.35. The van der Waals surface area contributed by atoms with Gasteiger partial charge >= 0.3 is 0 Å². The fourth-order valence-electron chi connectivity index (χ4n) is 2.19. The summed E-state index contributed by atoms with van der Waals surface area (Å²) in [6, 6.07) is 8.04. The number of carbonyl (C=O) groups is 1. The Labute approximate surface area is 111 Å².